The molecule has 5 aromatic rings. The van der Waals surface area contributed by atoms with Crippen molar-refractivity contribution in [2.75, 3.05) is 41.2 Å². The van der Waals surface area contributed by atoms with Crippen LogP contribution in [-0.2, 0) is 30.8 Å². The molecule has 3 atom stereocenters. The van der Waals surface area contributed by atoms with Crippen molar-refractivity contribution < 1.29 is 33.3 Å². The van der Waals surface area contributed by atoms with Crippen LogP contribution in [0, 0.1) is 0 Å². The second-order valence-electron chi connectivity index (χ2n) is 14.9. The summed E-state index contributed by atoms with van der Waals surface area (Å²) < 4.78 is 24.2. The number of anilines is 4. The number of ether oxygens (including phenoxy) is 4. The number of aliphatic imine (C=N–C) groups is 1. The van der Waals surface area contributed by atoms with E-state index in [0.29, 0.717) is 64.2 Å². The first kappa shape index (κ1) is 36.8. The minimum absolute atomic E-state index is 0.0145. The van der Waals surface area contributed by atoms with Gasteiger partial charge in [-0.2, -0.15) is 0 Å². The number of carbonyl (C=O) groups excluding carboxylic acids is 3. The maximum absolute atomic E-state index is 13.9. The zero-order valence-electron chi connectivity index (χ0n) is 32.3. The average molecular weight is 779 g/mol. The molecule has 13 heteroatoms. The number of carbonyl (C=O) groups is 3. The Hall–Kier alpha value is -6.86. The minimum atomic E-state index is -0.737. The number of rotatable bonds is 10. The number of benzene rings is 5. The second kappa shape index (κ2) is 14.9. The van der Waals surface area contributed by atoms with Crippen molar-refractivity contribution in [3.05, 3.63) is 124 Å². The van der Waals surface area contributed by atoms with Gasteiger partial charge in [0.25, 0.3) is 11.8 Å². The number of para-hydroxylation sites is 2. The number of amides is 3. The molecule has 0 spiro atoms. The maximum atomic E-state index is 13.9. The van der Waals surface area contributed by atoms with Gasteiger partial charge in [-0.05, 0) is 78.1 Å². The highest BCUT2D eigenvalue weighted by molar-refractivity contribution is 6.15. The lowest BCUT2D eigenvalue weighted by Crippen LogP contribution is -2.39. The first-order valence-corrected chi connectivity index (χ1v) is 19.2. The molecule has 0 radical (unpaired) electrons. The monoisotopic (exact) mass is 778 g/mol. The molecule has 4 N–H and O–H groups in total. The lowest BCUT2D eigenvalue weighted by molar-refractivity contribution is -0.117. The van der Waals surface area contributed by atoms with Gasteiger partial charge in [0, 0.05) is 48.4 Å². The summed E-state index contributed by atoms with van der Waals surface area (Å²) in [6.45, 7) is 2.37. The molecule has 0 saturated heterocycles. The molecular weight excluding hydrogens is 737 g/mol. The number of methoxy groups -OCH3 is 2. The molecule has 0 aliphatic carbocycles. The first-order valence-electron chi connectivity index (χ1n) is 19.2. The third-order valence-corrected chi connectivity index (χ3v) is 11.0. The molecule has 13 nitrogen and oxygen atoms in total. The Bertz CT molecular complexity index is 2520. The van der Waals surface area contributed by atoms with Crippen LogP contribution in [-0.4, -0.2) is 62.8 Å². The largest absolute Gasteiger partial charge is 0.493 e. The molecule has 0 aromatic heterocycles. The predicted octanol–water partition coefficient (Wildman–Crippen LogP) is 6.43. The van der Waals surface area contributed by atoms with Gasteiger partial charge in [0.15, 0.2) is 23.0 Å². The molecule has 0 fully saturated rings. The van der Waals surface area contributed by atoms with Crippen molar-refractivity contribution in [2.24, 2.45) is 10.7 Å². The maximum Gasteiger partial charge on any atom is 0.261 e. The molecule has 0 saturated carbocycles. The van der Waals surface area contributed by atoms with Gasteiger partial charge < -0.3 is 40.2 Å². The summed E-state index contributed by atoms with van der Waals surface area (Å²) in [5.74, 6) is 1.02. The van der Waals surface area contributed by atoms with Crippen LogP contribution < -0.4 is 45.1 Å². The first-order chi connectivity index (χ1) is 28.2. The quantitative estimate of drug-likeness (QED) is 0.145. The van der Waals surface area contributed by atoms with Crippen molar-refractivity contribution in [2.45, 2.75) is 51.1 Å². The van der Waals surface area contributed by atoms with E-state index in [1.54, 1.807) is 48.2 Å². The van der Waals surface area contributed by atoms with Gasteiger partial charge in [-0.15, -0.1) is 0 Å². The van der Waals surface area contributed by atoms with Crippen molar-refractivity contribution in [1.82, 2.24) is 0 Å². The number of hydrogen-bond acceptors (Lipinski definition) is 10. The van der Waals surface area contributed by atoms with Crippen molar-refractivity contribution in [1.29, 1.82) is 0 Å². The molecule has 9 rings (SSSR count). The Balaban J connectivity index is 0.965. The van der Waals surface area contributed by atoms with Gasteiger partial charge in [-0.1, -0.05) is 36.4 Å². The summed E-state index contributed by atoms with van der Waals surface area (Å²) in [7, 11) is 3.06. The van der Waals surface area contributed by atoms with Crippen molar-refractivity contribution >= 4 is 52.4 Å². The van der Waals surface area contributed by atoms with Crippen LogP contribution in [0.2, 0.25) is 0 Å². The fourth-order valence-electron chi connectivity index (χ4n) is 8.18. The topological polar surface area (TPSA) is 157 Å². The van der Waals surface area contributed by atoms with Crippen LogP contribution in [0.15, 0.2) is 96.0 Å². The second-order valence-corrected chi connectivity index (χ2v) is 14.9. The van der Waals surface area contributed by atoms with Gasteiger partial charge in [0.1, 0.15) is 13.2 Å². The third-order valence-electron chi connectivity index (χ3n) is 11.0. The number of fused-ring (bicyclic) bond motifs is 8. The van der Waals surface area contributed by atoms with Crippen LogP contribution in [0.1, 0.15) is 49.9 Å². The fourth-order valence-corrected chi connectivity index (χ4v) is 8.18. The highest BCUT2D eigenvalue weighted by atomic mass is 16.5. The molecule has 5 aromatic carbocycles. The van der Waals surface area contributed by atoms with E-state index < -0.39 is 6.04 Å². The standard InChI is InChI=1S/C45H42N6O7/c1-25(46)43(52)49-30-13-26(23-57-41-19-35-33(17-39(41)55-2)44(53)50-31(21-47-35)15-28-8-4-6-10-37(28)50)12-27(14-30)24-58-42-20-36-34(18-40(42)56-3)45(54)51-32(22-48-36)16-29-9-5-7-11-38(29)51/h4-14,17-21,25,31-32,48H,15-16,22-24,46H2,1-3H3,(H,49,52)/t25-,31-,32-/m0/s1. The molecule has 294 valence electrons. The van der Waals surface area contributed by atoms with E-state index in [1.807, 2.05) is 59.6 Å². The smallest absolute Gasteiger partial charge is 0.261 e. The summed E-state index contributed by atoms with van der Waals surface area (Å²) >= 11 is 0. The average Bonchev–Trinajstić information content (AvgIpc) is 3.72. The lowest BCUT2D eigenvalue weighted by atomic mass is 10.1. The Morgan fingerprint density at radius 1 is 0.793 bits per heavy atom. The van der Waals surface area contributed by atoms with Crippen LogP contribution in [0.4, 0.5) is 28.4 Å². The highest BCUT2D eigenvalue weighted by Gasteiger charge is 2.38. The van der Waals surface area contributed by atoms with E-state index in [9.17, 15) is 14.4 Å². The Morgan fingerprint density at radius 3 is 2.07 bits per heavy atom. The molecule has 4 aliphatic rings. The van der Waals surface area contributed by atoms with E-state index in [2.05, 4.69) is 16.7 Å². The summed E-state index contributed by atoms with van der Waals surface area (Å²) in [4.78, 5) is 48.9. The summed E-state index contributed by atoms with van der Waals surface area (Å²) in [6, 6.07) is 27.4. The normalized spacial score (nSPS) is 17.7. The van der Waals surface area contributed by atoms with E-state index in [4.69, 9.17) is 29.7 Å². The molecule has 4 aliphatic heterocycles. The highest BCUT2D eigenvalue weighted by Crippen LogP contribution is 2.43. The minimum Gasteiger partial charge on any atom is -0.493 e. The van der Waals surface area contributed by atoms with E-state index in [0.717, 1.165) is 40.0 Å². The Morgan fingerprint density at radius 2 is 1.40 bits per heavy atom. The van der Waals surface area contributed by atoms with Gasteiger partial charge in [0.05, 0.1) is 54.8 Å². The zero-order valence-corrected chi connectivity index (χ0v) is 32.3. The summed E-state index contributed by atoms with van der Waals surface area (Å²) in [6.07, 6.45) is 3.27. The van der Waals surface area contributed by atoms with Gasteiger partial charge >= 0.3 is 0 Å². The van der Waals surface area contributed by atoms with Gasteiger partial charge in [-0.25, -0.2) is 0 Å². The third kappa shape index (κ3) is 6.62. The fraction of sp³-hybridized carbons (Fsp3) is 0.244. The van der Waals surface area contributed by atoms with Gasteiger partial charge in [0.2, 0.25) is 5.91 Å². The van der Waals surface area contributed by atoms with Crippen molar-refractivity contribution in [3.8, 4) is 23.0 Å². The number of nitrogens with two attached hydrogens (primary N) is 1. The van der Waals surface area contributed by atoms with E-state index >= 15 is 0 Å². The Kier molecular flexibility index (Phi) is 9.44. The SMILES string of the molecule is COc1cc2c(cc1OCc1cc(COc3cc4c(cc3OC)C(=O)N3c5ccccc5C[C@H]3CN4)cc(NC(=O)[C@H](C)N)c1)N=C[C@@H]1Cc3ccccc3N1C2=O. The molecule has 0 bridgehead atoms. The zero-order chi connectivity index (χ0) is 40.1. The summed E-state index contributed by atoms with van der Waals surface area (Å²) in [5.41, 5.74) is 14.0. The van der Waals surface area contributed by atoms with Crippen LogP contribution in [0.3, 0.4) is 0 Å². The predicted molar refractivity (Wildman–Crippen MR) is 222 cm³/mol. The summed E-state index contributed by atoms with van der Waals surface area (Å²) in [5, 5.41) is 6.35. The van der Waals surface area contributed by atoms with Crippen LogP contribution in [0.25, 0.3) is 0 Å². The number of hydrogen-bond donors (Lipinski definition) is 3. The Labute approximate surface area is 335 Å². The van der Waals surface area contributed by atoms with E-state index in [1.165, 1.54) is 14.2 Å². The van der Waals surface area contributed by atoms with Crippen LogP contribution >= 0.6 is 0 Å². The van der Waals surface area contributed by atoms with Crippen LogP contribution in [0.5, 0.6) is 23.0 Å². The molecule has 4 heterocycles. The molecular formula is C45H42N6O7. The molecule has 3 amide bonds. The number of nitrogens with one attached hydrogen (secondary N) is 2. The number of nitrogens with zero attached hydrogens (tertiary/aromatic N) is 3. The lowest BCUT2D eigenvalue weighted by Gasteiger charge is -2.22. The molecule has 58 heavy (non-hydrogen) atoms. The van der Waals surface area contributed by atoms with Gasteiger partial charge in [-0.3, -0.25) is 24.3 Å². The molecule has 0 unspecified atom stereocenters. The van der Waals surface area contributed by atoms with E-state index in [-0.39, 0.29) is 43.0 Å². The van der Waals surface area contributed by atoms with Crippen molar-refractivity contribution in [3.63, 3.8) is 0 Å².